The van der Waals surface area contributed by atoms with Crippen LogP contribution in [0.25, 0.3) is 12.2 Å². The highest BCUT2D eigenvalue weighted by Gasteiger charge is 2.16. The zero-order valence-electron chi connectivity index (χ0n) is 12.2. The molecule has 0 aliphatic carbocycles. The first-order valence-electron chi connectivity index (χ1n) is 7.00. The molecule has 1 aliphatic rings. The van der Waals surface area contributed by atoms with Crippen LogP contribution < -0.4 is 4.90 Å². The van der Waals surface area contributed by atoms with Gasteiger partial charge in [0.05, 0.1) is 11.7 Å². The van der Waals surface area contributed by atoms with Crippen molar-refractivity contribution >= 4 is 24.1 Å². The molecule has 21 heavy (non-hydrogen) atoms. The van der Waals surface area contributed by atoms with Crippen molar-refractivity contribution in [1.82, 2.24) is 4.57 Å². The van der Waals surface area contributed by atoms with Gasteiger partial charge < -0.3 is 9.47 Å². The second-order valence-electron chi connectivity index (χ2n) is 5.24. The van der Waals surface area contributed by atoms with Crippen LogP contribution in [-0.4, -0.2) is 23.9 Å². The summed E-state index contributed by atoms with van der Waals surface area (Å²) in [6.45, 7) is 0. The third kappa shape index (κ3) is 2.42. The SMILES string of the molecule is CN1c2ccccc2C=CC1C=Cc1ccc(C=O)n1C. The summed E-state index contributed by atoms with van der Waals surface area (Å²) in [4.78, 5) is 13.1. The summed E-state index contributed by atoms with van der Waals surface area (Å²) in [6.07, 6.45) is 9.43. The fourth-order valence-electron chi connectivity index (χ4n) is 2.66. The van der Waals surface area contributed by atoms with Crippen LogP contribution >= 0.6 is 0 Å². The van der Waals surface area contributed by atoms with Crippen molar-refractivity contribution in [3.05, 3.63) is 65.5 Å². The molecule has 1 unspecified atom stereocenters. The molecule has 2 heterocycles. The van der Waals surface area contributed by atoms with Crippen LogP contribution in [0.5, 0.6) is 0 Å². The van der Waals surface area contributed by atoms with E-state index in [0.29, 0.717) is 5.69 Å². The number of rotatable bonds is 3. The molecule has 3 heteroatoms. The Balaban J connectivity index is 1.85. The number of fused-ring (bicyclic) bond motifs is 1. The third-order valence-electron chi connectivity index (χ3n) is 4.02. The quantitative estimate of drug-likeness (QED) is 0.804. The average Bonchev–Trinajstić information content (AvgIpc) is 2.87. The van der Waals surface area contributed by atoms with Gasteiger partial charge in [0.25, 0.3) is 0 Å². The highest BCUT2D eigenvalue weighted by Crippen LogP contribution is 2.28. The molecule has 0 bridgehead atoms. The predicted molar refractivity (Wildman–Crippen MR) is 87.5 cm³/mol. The minimum Gasteiger partial charge on any atom is -0.364 e. The molecule has 1 aromatic carbocycles. The van der Waals surface area contributed by atoms with Gasteiger partial charge in [-0.25, -0.2) is 0 Å². The molecule has 2 aromatic rings. The van der Waals surface area contributed by atoms with Gasteiger partial charge in [0, 0.05) is 25.5 Å². The largest absolute Gasteiger partial charge is 0.364 e. The minimum absolute atomic E-state index is 0.217. The first kappa shape index (κ1) is 13.4. The Bertz CT molecular complexity index is 725. The van der Waals surface area contributed by atoms with E-state index in [0.717, 1.165) is 12.0 Å². The zero-order chi connectivity index (χ0) is 14.8. The minimum atomic E-state index is 0.217. The lowest BCUT2D eigenvalue weighted by Gasteiger charge is -2.30. The number of aldehydes is 1. The Morgan fingerprint density at radius 1 is 1.05 bits per heavy atom. The van der Waals surface area contributed by atoms with E-state index in [9.17, 15) is 4.79 Å². The third-order valence-corrected chi connectivity index (χ3v) is 4.02. The smallest absolute Gasteiger partial charge is 0.166 e. The molecule has 106 valence electrons. The first-order chi connectivity index (χ1) is 10.2. The van der Waals surface area contributed by atoms with Crippen molar-refractivity contribution in [2.45, 2.75) is 6.04 Å². The van der Waals surface area contributed by atoms with E-state index in [1.54, 1.807) is 0 Å². The standard InChI is InChI=1S/C18H18N2O/c1-19-15(11-12-17(19)13-21)9-10-16-8-7-14-5-3-4-6-18(14)20(16)2/h3-13,16H,1-2H3. The van der Waals surface area contributed by atoms with Crippen molar-refractivity contribution < 1.29 is 4.79 Å². The predicted octanol–water partition coefficient (Wildman–Crippen LogP) is 3.38. The number of benzene rings is 1. The van der Waals surface area contributed by atoms with E-state index in [2.05, 4.69) is 60.5 Å². The van der Waals surface area contributed by atoms with Crippen molar-refractivity contribution in [2.24, 2.45) is 7.05 Å². The number of anilines is 1. The first-order valence-corrected chi connectivity index (χ1v) is 7.00. The maximum Gasteiger partial charge on any atom is 0.166 e. The molecular weight excluding hydrogens is 260 g/mol. The van der Waals surface area contributed by atoms with E-state index in [1.165, 1.54) is 11.3 Å². The maximum absolute atomic E-state index is 10.9. The topological polar surface area (TPSA) is 25.2 Å². The van der Waals surface area contributed by atoms with Crippen LogP contribution in [0.4, 0.5) is 5.69 Å². The zero-order valence-corrected chi connectivity index (χ0v) is 12.2. The highest BCUT2D eigenvalue weighted by atomic mass is 16.1. The normalized spacial score (nSPS) is 17.2. The fourth-order valence-corrected chi connectivity index (χ4v) is 2.66. The molecule has 0 saturated carbocycles. The van der Waals surface area contributed by atoms with Crippen molar-refractivity contribution in [2.75, 3.05) is 11.9 Å². The second-order valence-corrected chi connectivity index (χ2v) is 5.24. The molecule has 0 N–H and O–H groups in total. The van der Waals surface area contributed by atoms with Gasteiger partial charge >= 0.3 is 0 Å². The Hall–Kier alpha value is -2.55. The summed E-state index contributed by atoms with van der Waals surface area (Å²) in [5.41, 5.74) is 4.19. The lowest BCUT2D eigenvalue weighted by molar-refractivity contribution is 0.111. The molecule has 0 spiro atoms. The number of carbonyl (C=O) groups is 1. The summed E-state index contributed by atoms with van der Waals surface area (Å²) in [5, 5.41) is 0. The molecule has 3 nitrogen and oxygen atoms in total. The van der Waals surface area contributed by atoms with Crippen molar-refractivity contribution in [3.8, 4) is 0 Å². The van der Waals surface area contributed by atoms with Gasteiger partial charge in [0.1, 0.15) is 0 Å². The molecule has 1 aliphatic heterocycles. The molecule has 0 amide bonds. The van der Waals surface area contributed by atoms with Crippen LogP contribution in [0, 0.1) is 0 Å². The van der Waals surface area contributed by atoms with E-state index < -0.39 is 0 Å². The average molecular weight is 278 g/mol. The van der Waals surface area contributed by atoms with Gasteiger partial charge in [0.15, 0.2) is 6.29 Å². The van der Waals surface area contributed by atoms with Gasteiger partial charge in [-0.3, -0.25) is 4.79 Å². The van der Waals surface area contributed by atoms with E-state index in [4.69, 9.17) is 0 Å². The fraction of sp³-hybridized carbons (Fsp3) is 0.167. The number of aromatic nitrogens is 1. The lowest BCUT2D eigenvalue weighted by atomic mass is 10.0. The number of hydrogen-bond donors (Lipinski definition) is 0. The number of carbonyl (C=O) groups excluding carboxylic acids is 1. The Morgan fingerprint density at radius 2 is 1.81 bits per heavy atom. The molecule has 0 saturated heterocycles. The van der Waals surface area contributed by atoms with Crippen LogP contribution in [0.15, 0.2) is 48.6 Å². The number of likely N-dealkylation sites (N-methyl/N-ethyl adjacent to an activating group) is 1. The Labute approximate surface area is 124 Å². The van der Waals surface area contributed by atoms with Gasteiger partial charge in [-0.05, 0) is 29.8 Å². The van der Waals surface area contributed by atoms with E-state index >= 15 is 0 Å². The molecule has 0 fully saturated rings. The summed E-state index contributed by atoms with van der Waals surface area (Å²) in [5.74, 6) is 0. The highest BCUT2D eigenvalue weighted by molar-refractivity contribution is 5.75. The van der Waals surface area contributed by atoms with Crippen LogP contribution in [0.3, 0.4) is 0 Å². The van der Waals surface area contributed by atoms with Crippen molar-refractivity contribution in [3.63, 3.8) is 0 Å². The molecular formula is C18H18N2O. The van der Waals surface area contributed by atoms with Gasteiger partial charge in [-0.15, -0.1) is 0 Å². The number of para-hydroxylation sites is 1. The van der Waals surface area contributed by atoms with Gasteiger partial charge in [-0.1, -0.05) is 36.4 Å². The van der Waals surface area contributed by atoms with Crippen LogP contribution in [0.2, 0.25) is 0 Å². The van der Waals surface area contributed by atoms with Gasteiger partial charge in [0.2, 0.25) is 0 Å². The van der Waals surface area contributed by atoms with Gasteiger partial charge in [-0.2, -0.15) is 0 Å². The summed E-state index contributed by atoms with van der Waals surface area (Å²) >= 11 is 0. The number of nitrogens with zero attached hydrogens (tertiary/aromatic N) is 2. The summed E-state index contributed by atoms with van der Waals surface area (Å²) in [7, 11) is 4.00. The lowest BCUT2D eigenvalue weighted by Crippen LogP contribution is -2.30. The Kier molecular flexibility index (Phi) is 3.48. The second kappa shape index (κ2) is 5.44. The van der Waals surface area contributed by atoms with Crippen molar-refractivity contribution in [1.29, 1.82) is 0 Å². The molecule has 1 aromatic heterocycles. The Morgan fingerprint density at radius 3 is 2.57 bits per heavy atom. The summed E-state index contributed by atoms with van der Waals surface area (Å²) in [6, 6.07) is 12.4. The van der Waals surface area contributed by atoms with E-state index in [1.807, 2.05) is 23.7 Å². The monoisotopic (exact) mass is 278 g/mol. The maximum atomic E-state index is 10.9. The van der Waals surface area contributed by atoms with E-state index in [-0.39, 0.29) is 6.04 Å². The van der Waals surface area contributed by atoms with Crippen LogP contribution in [-0.2, 0) is 7.05 Å². The summed E-state index contributed by atoms with van der Waals surface area (Å²) < 4.78 is 1.89. The molecule has 3 rings (SSSR count). The number of hydrogen-bond acceptors (Lipinski definition) is 2. The van der Waals surface area contributed by atoms with Crippen LogP contribution in [0.1, 0.15) is 21.7 Å². The molecule has 0 radical (unpaired) electrons. The molecule has 1 atom stereocenters.